The minimum atomic E-state index is -0.179. The molecule has 0 spiro atoms. The predicted octanol–water partition coefficient (Wildman–Crippen LogP) is 2.45. The molecule has 6 heteroatoms. The van der Waals surface area contributed by atoms with E-state index in [1.54, 1.807) is 12.4 Å². The molecule has 17 heavy (non-hydrogen) atoms. The molecule has 0 radical (unpaired) electrons. The molecule has 0 saturated heterocycles. The lowest BCUT2D eigenvalue weighted by Crippen LogP contribution is -2.29. The summed E-state index contributed by atoms with van der Waals surface area (Å²) in [6.07, 6.45) is 4.91. The first-order valence-corrected chi connectivity index (χ1v) is 6.05. The molecule has 0 aliphatic carbocycles. The minimum absolute atomic E-state index is 0.179. The van der Waals surface area contributed by atoms with Crippen molar-refractivity contribution in [2.75, 3.05) is 0 Å². The molecule has 1 aromatic heterocycles. The molecule has 0 aliphatic heterocycles. The molecule has 2 aromatic rings. The fourth-order valence-electron chi connectivity index (χ4n) is 1.54. The van der Waals surface area contributed by atoms with Crippen molar-refractivity contribution >= 4 is 27.5 Å². The van der Waals surface area contributed by atoms with E-state index in [0.29, 0.717) is 5.02 Å². The highest BCUT2D eigenvalue weighted by Gasteiger charge is 2.13. The summed E-state index contributed by atoms with van der Waals surface area (Å²) < 4.78 is 0.850. The van der Waals surface area contributed by atoms with Crippen molar-refractivity contribution in [2.24, 2.45) is 5.84 Å². The Labute approximate surface area is 112 Å². The molecule has 1 aromatic carbocycles. The van der Waals surface area contributed by atoms with Crippen LogP contribution in [-0.4, -0.2) is 9.97 Å². The normalized spacial score (nSPS) is 12.4. The molecular formula is C11H10BrClN4. The first-order valence-electron chi connectivity index (χ1n) is 4.88. The van der Waals surface area contributed by atoms with E-state index >= 15 is 0 Å². The van der Waals surface area contributed by atoms with Gasteiger partial charge in [-0.1, -0.05) is 17.7 Å². The zero-order valence-corrected chi connectivity index (χ0v) is 11.1. The third-order valence-electron chi connectivity index (χ3n) is 2.36. The molecule has 3 N–H and O–H groups in total. The van der Waals surface area contributed by atoms with Crippen LogP contribution < -0.4 is 11.3 Å². The number of nitrogens with one attached hydrogen (secondary N) is 1. The lowest BCUT2D eigenvalue weighted by atomic mass is 10.0. The summed E-state index contributed by atoms with van der Waals surface area (Å²) in [5, 5.41) is 0.639. The van der Waals surface area contributed by atoms with Gasteiger partial charge in [-0.25, -0.2) is 15.4 Å². The van der Waals surface area contributed by atoms with Gasteiger partial charge in [0.15, 0.2) is 0 Å². The van der Waals surface area contributed by atoms with Gasteiger partial charge < -0.3 is 0 Å². The molecule has 1 unspecified atom stereocenters. The van der Waals surface area contributed by atoms with Crippen LogP contribution in [0.25, 0.3) is 0 Å². The maximum absolute atomic E-state index is 6.06. The zero-order valence-electron chi connectivity index (χ0n) is 8.77. The molecule has 2 rings (SSSR count). The van der Waals surface area contributed by atoms with Crippen molar-refractivity contribution in [3.05, 3.63) is 57.5 Å². The highest BCUT2D eigenvalue weighted by atomic mass is 79.9. The average molecular weight is 314 g/mol. The maximum atomic E-state index is 6.06. The van der Waals surface area contributed by atoms with Crippen LogP contribution in [0, 0.1) is 0 Å². The van der Waals surface area contributed by atoms with E-state index in [-0.39, 0.29) is 6.04 Å². The minimum Gasteiger partial charge on any atom is -0.271 e. The highest BCUT2D eigenvalue weighted by molar-refractivity contribution is 9.10. The highest BCUT2D eigenvalue weighted by Crippen LogP contribution is 2.28. The Hall–Kier alpha value is -1.01. The van der Waals surface area contributed by atoms with Crippen LogP contribution in [0.15, 0.2) is 41.4 Å². The number of halogens is 2. The molecule has 1 heterocycles. The van der Waals surface area contributed by atoms with Gasteiger partial charge in [0.25, 0.3) is 0 Å². The monoisotopic (exact) mass is 312 g/mol. The summed E-state index contributed by atoms with van der Waals surface area (Å²) in [5.41, 5.74) is 4.56. The van der Waals surface area contributed by atoms with E-state index in [2.05, 4.69) is 31.3 Å². The van der Waals surface area contributed by atoms with Crippen LogP contribution in [-0.2, 0) is 0 Å². The fraction of sp³-hybridized carbons (Fsp3) is 0.0909. The van der Waals surface area contributed by atoms with Crippen molar-refractivity contribution in [3.63, 3.8) is 0 Å². The van der Waals surface area contributed by atoms with Gasteiger partial charge in [0.05, 0.1) is 11.1 Å². The van der Waals surface area contributed by atoms with Crippen molar-refractivity contribution in [2.45, 2.75) is 6.04 Å². The zero-order chi connectivity index (χ0) is 12.3. The van der Waals surface area contributed by atoms with E-state index in [4.69, 9.17) is 17.4 Å². The summed E-state index contributed by atoms with van der Waals surface area (Å²) in [6.45, 7) is 0. The average Bonchev–Trinajstić information content (AvgIpc) is 2.36. The Balaban J connectivity index is 2.39. The summed E-state index contributed by atoms with van der Waals surface area (Å²) in [6, 6.07) is 5.49. The summed E-state index contributed by atoms with van der Waals surface area (Å²) in [5.74, 6) is 5.56. The fourth-order valence-corrected chi connectivity index (χ4v) is 1.97. The third kappa shape index (κ3) is 2.81. The van der Waals surface area contributed by atoms with Crippen molar-refractivity contribution in [3.8, 4) is 0 Å². The Morgan fingerprint density at radius 3 is 2.53 bits per heavy atom. The standard InChI is InChI=1S/C11H10BrClN4/c12-9-2-1-7(3-10(9)13)11(17-14)8-4-15-6-16-5-8/h1-6,11,17H,14H2. The summed E-state index contributed by atoms with van der Waals surface area (Å²) in [4.78, 5) is 7.94. The first-order chi connectivity index (χ1) is 8.22. The second-order valence-corrected chi connectivity index (χ2v) is 4.71. The maximum Gasteiger partial charge on any atom is 0.115 e. The van der Waals surface area contributed by atoms with E-state index in [0.717, 1.165) is 15.6 Å². The van der Waals surface area contributed by atoms with Crippen LogP contribution in [0.1, 0.15) is 17.2 Å². The molecule has 0 aliphatic rings. The van der Waals surface area contributed by atoms with Crippen LogP contribution in [0.4, 0.5) is 0 Å². The van der Waals surface area contributed by atoms with Crippen molar-refractivity contribution < 1.29 is 0 Å². The lowest BCUT2D eigenvalue weighted by molar-refractivity contribution is 0.632. The topological polar surface area (TPSA) is 63.8 Å². The quantitative estimate of drug-likeness (QED) is 0.675. The molecule has 88 valence electrons. The van der Waals surface area contributed by atoms with Crippen LogP contribution >= 0.6 is 27.5 Å². The number of hydrogen-bond donors (Lipinski definition) is 2. The smallest absolute Gasteiger partial charge is 0.115 e. The Morgan fingerprint density at radius 1 is 1.24 bits per heavy atom. The van der Waals surface area contributed by atoms with Gasteiger partial charge in [-0.3, -0.25) is 5.84 Å². The van der Waals surface area contributed by atoms with E-state index < -0.39 is 0 Å². The summed E-state index contributed by atoms with van der Waals surface area (Å²) in [7, 11) is 0. The lowest BCUT2D eigenvalue weighted by Gasteiger charge is -2.16. The van der Waals surface area contributed by atoms with Crippen molar-refractivity contribution in [1.82, 2.24) is 15.4 Å². The van der Waals surface area contributed by atoms with Gasteiger partial charge in [-0.2, -0.15) is 0 Å². The molecule has 0 saturated carbocycles. The number of nitrogens with two attached hydrogens (primary N) is 1. The molecule has 0 bridgehead atoms. The Kier molecular flexibility index (Phi) is 4.06. The molecule has 4 nitrogen and oxygen atoms in total. The molecular weight excluding hydrogens is 304 g/mol. The van der Waals surface area contributed by atoms with E-state index in [9.17, 15) is 0 Å². The number of aromatic nitrogens is 2. The van der Waals surface area contributed by atoms with Gasteiger partial charge >= 0.3 is 0 Å². The van der Waals surface area contributed by atoms with E-state index in [1.807, 2.05) is 18.2 Å². The van der Waals surface area contributed by atoms with Crippen LogP contribution in [0.2, 0.25) is 5.02 Å². The van der Waals surface area contributed by atoms with Gasteiger partial charge in [0, 0.05) is 22.4 Å². The van der Waals surface area contributed by atoms with Gasteiger partial charge in [-0.15, -0.1) is 0 Å². The number of nitrogens with zero attached hydrogens (tertiary/aromatic N) is 2. The van der Waals surface area contributed by atoms with E-state index in [1.165, 1.54) is 6.33 Å². The summed E-state index contributed by atoms with van der Waals surface area (Å²) >= 11 is 9.40. The SMILES string of the molecule is NNC(c1cncnc1)c1ccc(Br)c(Cl)c1. The second kappa shape index (κ2) is 5.55. The second-order valence-electron chi connectivity index (χ2n) is 3.45. The number of hydrogen-bond acceptors (Lipinski definition) is 4. The van der Waals surface area contributed by atoms with Gasteiger partial charge in [0.1, 0.15) is 6.33 Å². The first kappa shape index (κ1) is 12.4. The van der Waals surface area contributed by atoms with Gasteiger partial charge in [0.2, 0.25) is 0 Å². The molecule has 0 fully saturated rings. The third-order valence-corrected chi connectivity index (χ3v) is 3.59. The number of rotatable bonds is 3. The van der Waals surface area contributed by atoms with Crippen LogP contribution in [0.3, 0.4) is 0 Å². The Bertz CT molecular complexity index is 506. The predicted molar refractivity (Wildman–Crippen MR) is 70.4 cm³/mol. The number of hydrazine groups is 1. The Morgan fingerprint density at radius 2 is 1.94 bits per heavy atom. The van der Waals surface area contributed by atoms with Crippen LogP contribution in [0.5, 0.6) is 0 Å². The molecule has 0 amide bonds. The number of benzene rings is 1. The molecule has 1 atom stereocenters. The largest absolute Gasteiger partial charge is 0.271 e. The van der Waals surface area contributed by atoms with Crippen molar-refractivity contribution in [1.29, 1.82) is 0 Å². The van der Waals surface area contributed by atoms with Gasteiger partial charge in [-0.05, 0) is 33.6 Å².